The van der Waals surface area contributed by atoms with Crippen molar-refractivity contribution in [1.29, 1.82) is 0 Å². The molecule has 4 heteroatoms. The Morgan fingerprint density at radius 2 is 2.12 bits per heavy atom. The first-order valence-corrected chi connectivity index (χ1v) is 5.78. The van der Waals surface area contributed by atoms with E-state index in [2.05, 4.69) is 5.32 Å². The van der Waals surface area contributed by atoms with Gasteiger partial charge in [-0.3, -0.25) is 0 Å². The van der Waals surface area contributed by atoms with Crippen LogP contribution in [-0.4, -0.2) is 25.4 Å². The van der Waals surface area contributed by atoms with E-state index in [0.29, 0.717) is 6.61 Å². The second-order valence-corrected chi connectivity index (χ2v) is 4.30. The molecule has 2 N–H and O–H groups in total. The van der Waals surface area contributed by atoms with Crippen molar-refractivity contribution in [3.05, 3.63) is 29.6 Å². The first-order chi connectivity index (χ1) is 8.08. The second-order valence-electron chi connectivity index (χ2n) is 4.30. The quantitative estimate of drug-likeness (QED) is 0.801. The number of aliphatic hydroxyl groups excluding tert-OH is 1. The van der Waals surface area contributed by atoms with Gasteiger partial charge in [-0.2, -0.15) is 0 Å². The minimum absolute atomic E-state index is 0.00492. The van der Waals surface area contributed by atoms with Crippen molar-refractivity contribution in [3.63, 3.8) is 0 Å². The molecule has 0 aromatic heterocycles. The molecule has 17 heavy (non-hydrogen) atoms. The van der Waals surface area contributed by atoms with Crippen LogP contribution in [0.3, 0.4) is 0 Å². The van der Waals surface area contributed by atoms with E-state index in [1.54, 1.807) is 6.07 Å². The maximum atomic E-state index is 13.7. The molecule has 2 atom stereocenters. The zero-order valence-corrected chi connectivity index (χ0v) is 10.5. The van der Waals surface area contributed by atoms with E-state index in [4.69, 9.17) is 9.84 Å². The summed E-state index contributed by atoms with van der Waals surface area (Å²) in [6.45, 7) is 4.16. The molecule has 0 aliphatic rings. The van der Waals surface area contributed by atoms with Crippen molar-refractivity contribution >= 4 is 0 Å². The lowest BCUT2D eigenvalue weighted by Crippen LogP contribution is -2.14. The molecular weight excluding hydrogens is 221 g/mol. The number of nitrogens with one attached hydrogen (secondary N) is 1. The SMILES string of the molecule is CNC(C)c1ccc(OCC(C)CO)c(F)c1. The summed E-state index contributed by atoms with van der Waals surface area (Å²) in [4.78, 5) is 0. The lowest BCUT2D eigenvalue weighted by molar-refractivity contribution is 0.171. The zero-order valence-electron chi connectivity index (χ0n) is 10.5. The molecule has 0 spiro atoms. The van der Waals surface area contributed by atoms with E-state index in [-0.39, 0.29) is 30.1 Å². The summed E-state index contributed by atoms with van der Waals surface area (Å²) in [5.74, 6) is -0.127. The smallest absolute Gasteiger partial charge is 0.165 e. The summed E-state index contributed by atoms with van der Waals surface area (Å²) in [5.41, 5.74) is 0.882. The van der Waals surface area contributed by atoms with Crippen molar-refractivity contribution in [1.82, 2.24) is 5.32 Å². The fraction of sp³-hybridized carbons (Fsp3) is 0.538. The molecule has 3 nitrogen and oxygen atoms in total. The van der Waals surface area contributed by atoms with Crippen LogP contribution in [0.1, 0.15) is 25.5 Å². The van der Waals surface area contributed by atoms with Crippen molar-refractivity contribution in [2.45, 2.75) is 19.9 Å². The van der Waals surface area contributed by atoms with Gasteiger partial charge in [-0.1, -0.05) is 13.0 Å². The van der Waals surface area contributed by atoms with Gasteiger partial charge in [0.2, 0.25) is 0 Å². The van der Waals surface area contributed by atoms with Gasteiger partial charge in [-0.05, 0) is 31.7 Å². The molecule has 1 aromatic carbocycles. The Labute approximate surface area is 102 Å². The van der Waals surface area contributed by atoms with Crippen LogP contribution in [0, 0.1) is 11.7 Å². The highest BCUT2D eigenvalue weighted by Gasteiger charge is 2.09. The summed E-state index contributed by atoms with van der Waals surface area (Å²) in [5, 5.41) is 11.9. The number of rotatable bonds is 6. The Morgan fingerprint density at radius 1 is 1.41 bits per heavy atom. The van der Waals surface area contributed by atoms with E-state index in [1.165, 1.54) is 6.07 Å². The number of benzene rings is 1. The molecule has 0 aliphatic heterocycles. The highest BCUT2D eigenvalue weighted by atomic mass is 19.1. The van der Waals surface area contributed by atoms with Crippen LogP contribution in [-0.2, 0) is 0 Å². The first-order valence-electron chi connectivity index (χ1n) is 5.78. The Kier molecular flexibility index (Phi) is 5.38. The third kappa shape index (κ3) is 3.98. The second kappa shape index (κ2) is 6.57. The molecule has 0 amide bonds. The summed E-state index contributed by atoms with van der Waals surface area (Å²) < 4.78 is 19.0. The molecule has 96 valence electrons. The van der Waals surface area contributed by atoms with Gasteiger partial charge in [0, 0.05) is 18.6 Å². The van der Waals surface area contributed by atoms with Crippen LogP contribution in [0.5, 0.6) is 5.75 Å². The highest BCUT2D eigenvalue weighted by molar-refractivity contribution is 5.30. The van der Waals surface area contributed by atoms with Crippen molar-refractivity contribution in [2.75, 3.05) is 20.3 Å². The minimum atomic E-state index is -0.366. The summed E-state index contributed by atoms with van der Waals surface area (Å²) in [6, 6.07) is 5.04. The van der Waals surface area contributed by atoms with Crippen LogP contribution in [0.2, 0.25) is 0 Å². The molecule has 0 bridgehead atoms. The fourth-order valence-electron chi connectivity index (χ4n) is 1.35. The van der Waals surface area contributed by atoms with E-state index in [9.17, 15) is 4.39 Å². The van der Waals surface area contributed by atoms with Gasteiger partial charge in [0.15, 0.2) is 11.6 Å². The number of hydrogen-bond donors (Lipinski definition) is 2. The van der Waals surface area contributed by atoms with Crippen LogP contribution < -0.4 is 10.1 Å². The first kappa shape index (κ1) is 13.9. The van der Waals surface area contributed by atoms with Gasteiger partial charge >= 0.3 is 0 Å². The normalized spacial score (nSPS) is 14.4. The monoisotopic (exact) mass is 241 g/mol. The summed E-state index contributed by atoms with van der Waals surface area (Å²) in [6.07, 6.45) is 0. The predicted octanol–water partition coefficient (Wildman–Crippen LogP) is 2.11. The van der Waals surface area contributed by atoms with Crippen molar-refractivity contribution in [3.8, 4) is 5.75 Å². The van der Waals surface area contributed by atoms with E-state index < -0.39 is 0 Å². The van der Waals surface area contributed by atoms with E-state index >= 15 is 0 Å². The van der Waals surface area contributed by atoms with Crippen LogP contribution in [0.25, 0.3) is 0 Å². The van der Waals surface area contributed by atoms with Crippen LogP contribution in [0.15, 0.2) is 18.2 Å². The fourth-order valence-corrected chi connectivity index (χ4v) is 1.35. The third-order valence-electron chi connectivity index (χ3n) is 2.72. The minimum Gasteiger partial charge on any atom is -0.490 e. The Balaban J connectivity index is 2.69. The lowest BCUT2D eigenvalue weighted by atomic mass is 10.1. The molecule has 0 saturated carbocycles. The lowest BCUT2D eigenvalue weighted by Gasteiger charge is -2.14. The predicted molar refractivity (Wildman–Crippen MR) is 65.6 cm³/mol. The number of ether oxygens (including phenoxy) is 1. The van der Waals surface area contributed by atoms with E-state index in [1.807, 2.05) is 27.0 Å². The molecule has 0 heterocycles. The topological polar surface area (TPSA) is 41.5 Å². The molecule has 1 aromatic rings. The van der Waals surface area contributed by atoms with Gasteiger partial charge in [0.25, 0.3) is 0 Å². The van der Waals surface area contributed by atoms with Gasteiger partial charge in [-0.25, -0.2) is 4.39 Å². The van der Waals surface area contributed by atoms with Crippen molar-refractivity contribution < 1.29 is 14.2 Å². The van der Waals surface area contributed by atoms with Gasteiger partial charge in [-0.15, -0.1) is 0 Å². The largest absolute Gasteiger partial charge is 0.490 e. The highest BCUT2D eigenvalue weighted by Crippen LogP contribution is 2.22. The summed E-state index contributed by atoms with van der Waals surface area (Å²) >= 11 is 0. The maximum Gasteiger partial charge on any atom is 0.165 e. The molecular formula is C13H20FNO2. The Bertz CT molecular complexity index is 357. The molecule has 0 aliphatic carbocycles. The maximum absolute atomic E-state index is 13.7. The van der Waals surface area contributed by atoms with Crippen LogP contribution >= 0.6 is 0 Å². The van der Waals surface area contributed by atoms with Crippen LogP contribution in [0.4, 0.5) is 4.39 Å². The molecule has 1 rings (SSSR count). The van der Waals surface area contributed by atoms with E-state index in [0.717, 1.165) is 5.56 Å². The van der Waals surface area contributed by atoms with Gasteiger partial charge in [0.05, 0.1) is 6.61 Å². The number of hydrogen-bond acceptors (Lipinski definition) is 3. The average molecular weight is 241 g/mol. The molecule has 0 fully saturated rings. The standard InChI is InChI=1S/C13H20FNO2/c1-9(7-16)8-17-13-5-4-11(6-12(13)14)10(2)15-3/h4-6,9-10,15-16H,7-8H2,1-3H3. The third-order valence-corrected chi connectivity index (χ3v) is 2.72. The number of aliphatic hydroxyl groups is 1. The Morgan fingerprint density at radius 3 is 2.65 bits per heavy atom. The van der Waals surface area contributed by atoms with Gasteiger partial charge in [0.1, 0.15) is 0 Å². The van der Waals surface area contributed by atoms with Crippen molar-refractivity contribution in [2.24, 2.45) is 5.92 Å². The molecule has 0 radical (unpaired) electrons. The van der Waals surface area contributed by atoms with Gasteiger partial charge < -0.3 is 15.2 Å². The molecule has 0 saturated heterocycles. The Hall–Kier alpha value is -1.13. The average Bonchev–Trinajstić information content (AvgIpc) is 2.35. The summed E-state index contributed by atoms with van der Waals surface area (Å²) in [7, 11) is 1.83. The molecule has 2 unspecified atom stereocenters. The zero-order chi connectivity index (χ0) is 12.8. The number of halogens is 1.